The topological polar surface area (TPSA) is 14.2 Å². The van der Waals surface area contributed by atoms with E-state index in [9.17, 15) is 0 Å². The van der Waals surface area contributed by atoms with Crippen LogP contribution in [0, 0.1) is 0 Å². The van der Waals surface area contributed by atoms with Gasteiger partial charge in [0.05, 0.1) is 17.6 Å². The number of nitrogens with zero attached hydrogens (tertiary/aromatic N) is 1. The van der Waals surface area contributed by atoms with Gasteiger partial charge in [0, 0.05) is 16.5 Å². The molecule has 24 heavy (non-hydrogen) atoms. The van der Waals surface area contributed by atoms with Crippen molar-refractivity contribution in [2.75, 3.05) is 6.61 Å². The van der Waals surface area contributed by atoms with Gasteiger partial charge < -0.3 is 9.30 Å². The summed E-state index contributed by atoms with van der Waals surface area (Å²) in [5, 5.41) is 2.58. The predicted molar refractivity (Wildman–Crippen MR) is 101 cm³/mol. The number of hydrogen-bond acceptors (Lipinski definition) is 1. The van der Waals surface area contributed by atoms with E-state index < -0.39 is 0 Å². The number of aromatic nitrogens is 1. The molecular formula is C22H21NO. The largest absolute Gasteiger partial charge is 0.494 e. The summed E-state index contributed by atoms with van der Waals surface area (Å²) in [6.45, 7) is 2.96. The van der Waals surface area contributed by atoms with E-state index in [4.69, 9.17) is 4.74 Å². The molecule has 0 aliphatic rings. The van der Waals surface area contributed by atoms with Crippen LogP contribution in [0.25, 0.3) is 27.5 Å². The Morgan fingerprint density at radius 1 is 0.750 bits per heavy atom. The summed E-state index contributed by atoms with van der Waals surface area (Å²) in [7, 11) is 0. The number of para-hydroxylation sites is 2. The molecule has 2 heteroatoms. The zero-order valence-corrected chi connectivity index (χ0v) is 13.9. The molecule has 0 bridgehead atoms. The third-order valence-electron chi connectivity index (χ3n) is 4.44. The Balaban J connectivity index is 1.80. The highest BCUT2D eigenvalue weighted by Gasteiger charge is 2.10. The van der Waals surface area contributed by atoms with Crippen molar-refractivity contribution in [1.29, 1.82) is 0 Å². The van der Waals surface area contributed by atoms with Crippen LogP contribution in [-0.2, 0) is 0 Å². The monoisotopic (exact) mass is 315 g/mol. The van der Waals surface area contributed by atoms with Crippen LogP contribution >= 0.6 is 0 Å². The molecule has 4 aromatic rings. The normalized spacial score (nSPS) is 11.2. The Kier molecular flexibility index (Phi) is 3.96. The van der Waals surface area contributed by atoms with Crippen molar-refractivity contribution in [2.24, 2.45) is 0 Å². The second kappa shape index (κ2) is 6.40. The second-order valence-corrected chi connectivity index (χ2v) is 6.07. The van der Waals surface area contributed by atoms with Gasteiger partial charge in [0.15, 0.2) is 0 Å². The SMILES string of the molecule is CCCCOc1ccc(-n2c3ccccc3c3ccccc32)cc1. The molecule has 1 aromatic heterocycles. The maximum absolute atomic E-state index is 5.78. The van der Waals surface area contributed by atoms with Crippen LogP contribution in [0.4, 0.5) is 0 Å². The van der Waals surface area contributed by atoms with Crippen LogP contribution in [0.1, 0.15) is 19.8 Å². The van der Waals surface area contributed by atoms with Crippen molar-refractivity contribution in [3.8, 4) is 11.4 Å². The Hall–Kier alpha value is -2.74. The number of benzene rings is 3. The zero-order chi connectivity index (χ0) is 16.4. The van der Waals surface area contributed by atoms with Crippen molar-refractivity contribution < 1.29 is 4.74 Å². The van der Waals surface area contributed by atoms with Crippen LogP contribution in [-0.4, -0.2) is 11.2 Å². The fraction of sp³-hybridized carbons (Fsp3) is 0.182. The van der Waals surface area contributed by atoms with Gasteiger partial charge in [-0.1, -0.05) is 49.7 Å². The van der Waals surface area contributed by atoms with Crippen molar-refractivity contribution in [3.63, 3.8) is 0 Å². The quantitative estimate of drug-likeness (QED) is 0.414. The van der Waals surface area contributed by atoms with E-state index >= 15 is 0 Å². The third-order valence-corrected chi connectivity index (χ3v) is 4.44. The predicted octanol–water partition coefficient (Wildman–Crippen LogP) is 5.96. The van der Waals surface area contributed by atoms with Crippen molar-refractivity contribution in [3.05, 3.63) is 72.8 Å². The van der Waals surface area contributed by atoms with E-state index in [2.05, 4.69) is 84.3 Å². The first kappa shape index (κ1) is 14.8. The number of rotatable bonds is 5. The summed E-state index contributed by atoms with van der Waals surface area (Å²) in [4.78, 5) is 0. The molecule has 0 atom stereocenters. The average Bonchev–Trinajstić information content (AvgIpc) is 2.97. The standard InChI is InChI=1S/C22H21NO/c1-2-3-16-24-18-14-12-17(13-15-18)23-21-10-6-4-8-19(21)20-9-5-7-11-22(20)23/h4-15H,2-3,16H2,1H3. The zero-order valence-electron chi connectivity index (χ0n) is 13.9. The van der Waals surface area contributed by atoms with E-state index in [-0.39, 0.29) is 0 Å². The highest BCUT2D eigenvalue weighted by Crippen LogP contribution is 2.32. The first-order chi connectivity index (χ1) is 11.9. The number of unbranched alkanes of at least 4 members (excludes halogenated alkanes) is 1. The molecule has 4 rings (SSSR count). The van der Waals surface area contributed by atoms with Gasteiger partial charge in [0.25, 0.3) is 0 Å². The van der Waals surface area contributed by atoms with Gasteiger partial charge in [-0.2, -0.15) is 0 Å². The molecule has 0 spiro atoms. The molecule has 1 heterocycles. The van der Waals surface area contributed by atoms with Gasteiger partial charge in [0.1, 0.15) is 5.75 Å². The van der Waals surface area contributed by atoms with E-state index in [1.54, 1.807) is 0 Å². The lowest BCUT2D eigenvalue weighted by Crippen LogP contribution is -1.97. The molecule has 3 aromatic carbocycles. The van der Waals surface area contributed by atoms with E-state index in [0.717, 1.165) is 30.9 Å². The van der Waals surface area contributed by atoms with Crippen LogP contribution in [0.3, 0.4) is 0 Å². The lowest BCUT2D eigenvalue weighted by atomic mass is 10.2. The Bertz CT molecular complexity index is 913. The highest BCUT2D eigenvalue weighted by molar-refractivity contribution is 6.09. The molecule has 0 N–H and O–H groups in total. The van der Waals surface area contributed by atoms with Crippen molar-refractivity contribution >= 4 is 21.8 Å². The lowest BCUT2D eigenvalue weighted by Gasteiger charge is -2.10. The summed E-state index contributed by atoms with van der Waals surface area (Å²) in [6.07, 6.45) is 2.24. The van der Waals surface area contributed by atoms with Gasteiger partial charge in [-0.05, 0) is 42.8 Å². The number of hydrogen-bond donors (Lipinski definition) is 0. The summed E-state index contributed by atoms with van der Waals surface area (Å²) in [6, 6.07) is 25.5. The molecule has 0 saturated carbocycles. The Labute approximate surface area is 142 Å². The molecule has 0 fully saturated rings. The van der Waals surface area contributed by atoms with Crippen LogP contribution in [0.5, 0.6) is 5.75 Å². The first-order valence-corrected chi connectivity index (χ1v) is 8.60. The minimum absolute atomic E-state index is 0.783. The molecule has 0 amide bonds. The maximum Gasteiger partial charge on any atom is 0.119 e. The van der Waals surface area contributed by atoms with E-state index in [1.165, 1.54) is 21.8 Å². The molecule has 0 unspecified atom stereocenters. The van der Waals surface area contributed by atoms with Gasteiger partial charge in [0.2, 0.25) is 0 Å². The van der Waals surface area contributed by atoms with Crippen LogP contribution < -0.4 is 4.74 Å². The lowest BCUT2D eigenvalue weighted by molar-refractivity contribution is 0.309. The molecule has 2 nitrogen and oxygen atoms in total. The maximum atomic E-state index is 5.78. The minimum Gasteiger partial charge on any atom is -0.494 e. The van der Waals surface area contributed by atoms with Gasteiger partial charge >= 0.3 is 0 Å². The van der Waals surface area contributed by atoms with E-state index in [0.29, 0.717) is 0 Å². The van der Waals surface area contributed by atoms with Crippen molar-refractivity contribution in [1.82, 2.24) is 4.57 Å². The fourth-order valence-electron chi connectivity index (χ4n) is 3.23. The summed E-state index contributed by atoms with van der Waals surface area (Å²) < 4.78 is 8.10. The van der Waals surface area contributed by atoms with Gasteiger partial charge in [-0.3, -0.25) is 0 Å². The summed E-state index contributed by atoms with van der Waals surface area (Å²) in [5.41, 5.74) is 3.63. The molecule has 0 aliphatic carbocycles. The van der Waals surface area contributed by atoms with Gasteiger partial charge in [-0.15, -0.1) is 0 Å². The third kappa shape index (κ3) is 2.54. The fourth-order valence-corrected chi connectivity index (χ4v) is 3.23. The molecular weight excluding hydrogens is 294 g/mol. The minimum atomic E-state index is 0.783. The average molecular weight is 315 g/mol. The molecule has 0 radical (unpaired) electrons. The summed E-state index contributed by atoms with van der Waals surface area (Å²) in [5.74, 6) is 0.938. The molecule has 0 saturated heterocycles. The van der Waals surface area contributed by atoms with E-state index in [1.807, 2.05) is 0 Å². The highest BCUT2D eigenvalue weighted by atomic mass is 16.5. The number of ether oxygens (including phenoxy) is 1. The smallest absolute Gasteiger partial charge is 0.119 e. The van der Waals surface area contributed by atoms with Crippen molar-refractivity contribution in [2.45, 2.75) is 19.8 Å². The molecule has 0 aliphatic heterocycles. The number of fused-ring (bicyclic) bond motifs is 3. The summed E-state index contributed by atoms with van der Waals surface area (Å²) >= 11 is 0. The Morgan fingerprint density at radius 3 is 1.92 bits per heavy atom. The van der Waals surface area contributed by atoms with Crippen LogP contribution in [0.15, 0.2) is 72.8 Å². The Morgan fingerprint density at radius 2 is 1.33 bits per heavy atom. The van der Waals surface area contributed by atoms with Gasteiger partial charge in [-0.25, -0.2) is 0 Å². The molecule has 120 valence electrons. The first-order valence-electron chi connectivity index (χ1n) is 8.60. The second-order valence-electron chi connectivity index (χ2n) is 6.07. The van der Waals surface area contributed by atoms with Crippen LogP contribution in [0.2, 0.25) is 0 Å².